The predicted molar refractivity (Wildman–Crippen MR) is 581 cm³/mol. The number of fused-ring (bicyclic) bond motifs is 3. The number of anilines is 6. The van der Waals surface area contributed by atoms with Crippen molar-refractivity contribution in [1.82, 2.24) is 15.0 Å². The van der Waals surface area contributed by atoms with Crippen molar-refractivity contribution in [1.29, 1.82) is 0 Å². The minimum atomic E-state index is -1.06. The van der Waals surface area contributed by atoms with Gasteiger partial charge in [-0.05, 0) is 224 Å². The Morgan fingerprint density at radius 1 is 0.297 bits per heavy atom. The predicted octanol–water partition coefficient (Wildman–Crippen LogP) is 29.7. The van der Waals surface area contributed by atoms with E-state index in [1.165, 1.54) is 141 Å². The molecule has 15 rings (SSSR count). The van der Waals surface area contributed by atoms with Gasteiger partial charge in [0.15, 0.2) is 34.5 Å². The number of carbonyl (C=O) groups excluding carboxylic acids is 6. The molecule has 3 aromatic heterocycles. The van der Waals surface area contributed by atoms with Crippen molar-refractivity contribution in [3.8, 4) is 69.0 Å². The van der Waals surface area contributed by atoms with Gasteiger partial charge < -0.3 is 74.1 Å². The number of pyridine rings is 3. The van der Waals surface area contributed by atoms with E-state index < -0.39 is 16.2 Å². The minimum absolute atomic E-state index is 0.0489. The summed E-state index contributed by atoms with van der Waals surface area (Å²) in [5.41, 5.74) is 6.38. The highest BCUT2D eigenvalue weighted by molar-refractivity contribution is 6.19. The van der Waals surface area contributed by atoms with Crippen LogP contribution in [-0.4, -0.2) is 104 Å². The number of hydrogen-bond acceptors (Lipinski definition) is 18. The molecule has 3 fully saturated rings. The molecule has 3 aliphatic carbocycles. The maximum Gasteiger partial charge on any atom is 0.242 e. The topological polar surface area (TPSA) is 290 Å². The quantitative estimate of drug-likeness (QED) is 0.0175. The summed E-state index contributed by atoms with van der Waals surface area (Å²) in [6, 6.07) is 61.1. The first-order chi connectivity index (χ1) is 70.6. The van der Waals surface area contributed by atoms with Crippen molar-refractivity contribution in [2.24, 2.45) is 16.2 Å². The number of carbonyl (C=O) groups is 6. The molecular weight excluding hydrogens is 1820 g/mol. The molecule has 0 atom stereocenters. The zero-order valence-corrected chi connectivity index (χ0v) is 86.8. The summed E-state index contributed by atoms with van der Waals surface area (Å²) in [5.74, 6) is 5.10. The van der Waals surface area contributed by atoms with Gasteiger partial charge in [0.2, 0.25) is 35.4 Å². The average molecular weight is 1970 g/mol. The summed E-state index contributed by atoms with van der Waals surface area (Å²) < 4.78 is 46.6. The highest BCUT2D eigenvalue weighted by atomic mass is 16.5. The molecule has 0 bridgehead atoms. The Balaban J connectivity index is 0.000000183. The maximum atomic E-state index is 14.3. The molecule has 0 spiro atoms. The molecule has 3 saturated carbocycles. The number of rotatable bonds is 56. The summed E-state index contributed by atoms with van der Waals surface area (Å²) in [4.78, 5) is 98.6. The van der Waals surface area contributed by atoms with E-state index in [1.807, 2.05) is 188 Å². The van der Waals surface area contributed by atoms with Crippen LogP contribution in [-0.2, 0) is 28.8 Å². The second-order valence-electron chi connectivity index (χ2n) is 39.0. The molecule has 0 aliphatic heterocycles. The Morgan fingerprint density at radius 2 is 0.552 bits per heavy atom. The maximum absolute atomic E-state index is 14.3. The monoisotopic (exact) mass is 1970 g/mol. The molecule has 0 unspecified atom stereocenters. The number of phenolic OH excluding ortho intramolecular Hbond substituents is 1. The number of nitrogens with one attached hydrogen (secondary N) is 4. The fourth-order valence-electron chi connectivity index (χ4n) is 18.2. The normalized spacial score (nSPS) is 13.2. The lowest BCUT2D eigenvalue weighted by Gasteiger charge is -2.27. The van der Waals surface area contributed by atoms with Crippen molar-refractivity contribution in [2.75, 3.05) is 79.2 Å². The van der Waals surface area contributed by atoms with Crippen molar-refractivity contribution < 1.29 is 71.8 Å². The van der Waals surface area contributed by atoms with Gasteiger partial charge in [0.05, 0.1) is 51.6 Å². The molecule has 12 aromatic rings. The molecule has 3 aliphatic rings. The van der Waals surface area contributed by atoms with E-state index in [1.54, 1.807) is 89.5 Å². The number of unbranched alkanes of at least 4 members (excludes halogenated alkanes) is 27. The summed E-state index contributed by atoms with van der Waals surface area (Å²) in [7, 11) is 6.39. The van der Waals surface area contributed by atoms with Crippen LogP contribution in [0, 0.1) is 37.0 Å². The third kappa shape index (κ3) is 30.7. The van der Waals surface area contributed by atoms with Crippen LogP contribution in [0.4, 0.5) is 34.1 Å². The smallest absolute Gasteiger partial charge is 0.242 e. The molecule has 0 radical (unpaired) electrons. The first kappa shape index (κ1) is 108. The number of aryl methyl sites for hydroxylation is 3. The zero-order chi connectivity index (χ0) is 102. The largest absolute Gasteiger partial charge is 0.504 e. The van der Waals surface area contributed by atoms with Crippen molar-refractivity contribution in [2.45, 2.75) is 273 Å². The molecule has 5 N–H and O–H groups in total. The SMILES string of the molecule is CCCCCCCCCCCCCCCCN(C(=O)C1(C(=O)Nc2ccc(C)cc2)CC1)c1ccc(Oc2ccnc3cc(OC)c(OC)cc23)cc1.CCCCCCCCCCN(C(=O)C1(C(=O)Nc2ccc(C)cc2)CC1)c1ccc(Oc2ccnc3cc(OC)c(OC)cc23)cc1.CCCCCCCCCCOc1cc2c(Oc3ccc(NC(=O)C4(C(=O)Nc5ccc(C)cc5)CC4)cc3)ccnc2cc1O. The van der Waals surface area contributed by atoms with E-state index in [2.05, 4.69) is 57.0 Å². The van der Waals surface area contributed by atoms with Crippen LogP contribution in [0.3, 0.4) is 0 Å². The Bertz CT molecular complexity index is 6190. The van der Waals surface area contributed by atoms with Crippen molar-refractivity contribution in [3.05, 3.63) is 235 Å². The Morgan fingerprint density at radius 3 is 0.848 bits per heavy atom. The second kappa shape index (κ2) is 54.8. The van der Waals surface area contributed by atoms with Gasteiger partial charge >= 0.3 is 0 Å². The van der Waals surface area contributed by atoms with Crippen molar-refractivity contribution in [3.63, 3.8) is 0 Å². The Labute approximate surface area is 856 Å². The summed E-state index contributed by atoms with van der Waals surface area (Å²) in [5, 5.41) is 24.6. The molecule has 3 heterocycles. The van der Waals surface area contributed by atoms with E-state index in [0.717, 1.165) is 101 Å². The summed E-state index contributed by atoms with van der Waals surface area (Å²) in [6.45, 7) is 14.4. The van der Waals surface area contributed by atoms with Crippen LogP contribution in [0.1, 0.15) is 269 Å². The van der Waals surface area contributed by atoms with Crippen LogP contribution in [0.25, 0.3) is 32.7 Å². The van der Waals surface area contributed by atoms with E-state index in [9.17, 15) is 33.9 Å². The van der Waals surface area contributed by atoms with Crippen LogP contribution in [0.2, 0.25) is 0 Å². The summed E-state index contributed by atoms with van der Waals surface area (Å²) in [6.07, 6.45) is 45.0. The zero-order valence-electron chi connectivity index (χ0n) is 86.8. The highest BCUT2D eigenvalue weighted by Crippen LogP contribution is 2.52. The van der Waals surface area contributed by atoms with Gasteiger partial charge in [-0.25, -0.2) is 0 Å². The third-order valence-corrected chi connectivity index (χ3v) is 27.7. The molecule has 768 valence electrons. The fourth-order valence-corrected chi connectivity index (χ4v) is 18.2. The Kier molecular flexibility index (Phi) is 41.0. The lowest BCUT2D eigenvalue weighted by molar-refractivity contribution is -0.134. The van der Waals surface area contributed by atoms with E-state index in [-0.39, 0.29) is 41.2 Å². The number of amides is 6. The number of aromatic nitrogens is 3. The van der Waals surface area contributed by atoms with Crippen LogP contribution >= 0.6 is 0 Å². The van der Waals surface area contributed by atoms with Gasteiger partial charge in [-0.2, -0.15) is 0 Å². The molecule has 9 aromatic carbocycles. The molecule has 0 saturated heterocycles. The number of benzene rings is 9. The van der Waals surface area contributed by atoms with Gasteiger partial charge in [-0.3, -0.25) is 43.7 Å². The number of phenols is 1. The fraction of sp³-hybridized carbons (Fsp3) is 0.430. The standard InChI is InChI=1S/C45H59N3O5.C39H47N3O5.C37H43N3O5/c1-5-6-7-8-9-10-11-12-13-14-15-16-17-18-31-48(44(50)45(28-29-45)43(49)47-35-21-19-34(2)20-22-35)36-23-25-37(26-24-36)53-40-27-30-46-39-33-42(52-4)41(51-3)32-38(39)40;1-5-6-7-8-9-10-11-12-25-42(38(44)39(22-23-39)37(43)41-29-15-13-28(2)14-16-29)30-17-19-31(20-18-30)47-34-21-24-40-33-27-36(46-4)35(45-3)26-32(33)34;1-3-4-5-6-7-8-9-10-23-44-34-24-30-31(25-32(34)41)38-22-19-33(30)45-29-17-15-28(16-18-29)40-36(43)37(20-21-37)35(42)39-27-13-11-26(2)12-14-27/h19-27,30,32-33H,5-18,28-29,31H2,1-4H3,(H,47,49);13-21,24,26-27H,5-12,22-23,25H2,1-4H3,(H,41,43);11-19,22,24-25,41H,3-10,20-21,23H2,1-2H3,(H,39,42)(H,40,43). The average Bonchev–Trinajstić information content (AvgIpc) is 1.45. The van der Waals surface area contributed by atoms with E-state index in [0.29, 0.717) is 155 Å². The van der Waals surface area contributed by atoms with Gasteiger partial charge in [-0.1, -0.05) is 247 Å². The number of ether oxygens (including phenoxy) is 8. The van der Waals surface area contributed by atoms with Gasteiger partial charge in [-0.15, -0.1) is 0 Å². The molecule has 24 nitrogen and oxygen atoms in total. The van der Waals surface area contributed by atoms with Crippen LogP contribution < -0.4 is 69.0 Å². The lowest BCUT2D eigenvalue weighted by atomic mass is 10.0. The third-order valence-electron chi connectivity index (χ3n) is 27.7. The van der Waals surface area contributed by atoms with Crippen LogP contribution in [0.15, 0.2) is 219 Å². The first-order valence-corrected chi connectivity index (χ1v) is 52.8. The summed E-state index contributed by atoms with van der Waals surface area (Å²) >= 11 is 0. The van der Waals surface area contributed by atoms with Gasteiger partial charge in [0.1, 0.15) is 50.7 Å². The molecule has 145 heavy (non-hydrogen) atoms. The number of hydrogen-bond donors (Lipinski definition) is 5. The van der Waals surface area contributed by atoms with Crippen molar-refractivity contribution >= 4 is 102 Å². The number of methoxy groups -OCH3 is 4. The molecule has 6 amide bonds. The Hall–Kier alpha value is -13.8. The first-order valence-electron chi connectivity index (χ1n) is 52.8. The molecule has 24 heteroatoms. The van der Waals surface area contributed by atoms with E-state index in [4.69, 9.17) is 37.9 Å². The second-order valence-corrected chi connectivity index (χ2v) is 39.0. The van der Waals surface area contributed by atoms with Gasteiger partial charge in [0, 0.05) is 100 Å². The highest BCUT2D eigenvalue weighted by Gasteiger charge is 2.60. The lowest BCUT2D eigenvalue weighted by Crippen LogP contribution is -2.43. The van der Waals surface area contributed by atoms with E-state index >= 15 is 0 Å². The number of aromatic hydroxyl groups is 1. The number of nitrogens with zero attached hydrogens (tertiary/aromatic N) is 5. The minimum Gasteiger partial charge on any atom is -0.504 e. The van der Waals surface area contributed by atoms with Gasteiger partial charge in [0.25, 0.3) is 0 Å². The van der Waals surface area contributed by atoms with Crippen LogP contribution in [0.5, 0.6) is 69.0 Å². The molecular formula is C121H149N9O15.